The average Bonchev–Trinajstić information content (AvgIpc) is 3.24. The number of phosphoric ester groups is 4. The molecule has 12 N–H and O–H groups in total. The second kappa shape index (κ2) is 34.9. The Morgan fingerprint density at radius 3 is 1.32 bits per heavy atom. The molecule has 1 aliphatic carbocycles. The van der Waals surface area contributed by atoms with Crippen LogP contribution in [-0.2, 0) is 59.9 Å². The van der Waals surface area contributed by atoms with E-state index < -0.39 is 99.2 Å². The van der Waals surface area contributed by atoms with E-state index in [9.17, 15) is 72.3 Å². The zero-order valence-electron chi connectivity index (χ0n) is 37.3. The fourth-order valence-corrected chi connectivity index (χ4v) is 8.45. The summed E-state index contributed by atoms with van der Waals surface area (Å²) in [6.07, 6.45) is -0.185. The lowest BCUT2D eigenvalue weighted by molar-refractivity contribution is -0.209. The number of ether oxygens (including phenoxy) is 2. The van der Waals surface area contributed by atoms with Crippen molar-refractivity contribution in [1.82, 2.24) is 6.15 Å². The molecular formula is C42H85NO22P4. The maximum Gasteiger partial charge on any atom is 0.472 e. The van der Waals surface area contributed by atoms with Gasteiger partial charge in [-0.2, -0.15) is 0 Å². The van der Waals surface area contributed by atoms with Crippen LogP contribution in [0.15, 0.2) is 0 Å². The summed E-state index contributed by atoms with van der Waals surface area (Å²) in [5.74, 6) is 32.2. The van der Waals surface area contributed by atoms with Gasteiger partial charge in [0.15, 0.2) is 6.10 Å². The Morgan fingerprint density at radius 1 is 0.536 bits per heavy atom. The Kier molecular flexibility index (Phi) is 32.8. The molecule has 0 saturated heterocycles. The summed E-state index contributed by atoms with van der Waals surface area (Å²) >= 11 is 0. The van der Waals surface area contributed by atoms with Crippen LogP contribution in [0.2, 0.25) is 0 Å². The standard InChI is InChI=1S/C42H52O22P4.H3N.15H2/c1-3-5-7-9-11-13-15-17-19-20-22-24-26-28-30-35(43)58-32-34(60-36(44)31-29-27-25-23-21-18-16-14-12-10-8-6-4-2)33-59-68(56,57)64-39-37(45)40(61-65(47,48)49)42(63-67(53,54)55)41(38(39)46)62-66(50,51)52;;;;;;;;;;;;;;;;/h1,34,37-42,45-46H,4,6,8,10,12,14,16,18,21,23,25,27,29,31-33H2,2H3,(H,56,57)(H2,47,48,49)(H2,50,51,52)(H2,53,54,55);1H3;15*1H/t34-,37-,38?,39?,40?,41+,42?;;;;;;;;;;;;;;;;/m1................/s1. The highest BCUT2D eigenvalue weighted by Gasteiger charge is 2.59. The average molecular weight is 1080 g/mol. The Hall–Kier alpha value is -4.26. The highest BCUT2D eigenvalue weighted by molar-refractivity contribution is 7.47. The molecule has 0 aromatic carbocycles. The second-order valence-corrected chi connectivity index (χ2v) is 19.1. The number of phosphoric acid groups is 4. The highest BCUT2D eigenvalue weighted by Crippen LogP contribution is 2.53. The van der Waals surface area contributed by atoms with E-state index in [1.165, 1.54) is 38.5 Å². The molecule has 0 radical (unpaired) electrons. The molecule has 1 saturated carbocycles. The number of terminal acetylenes is 1. The first-order valence-electron chi connectivity index (χ1n) is 20.5. The first-order valence-corrected chi connectivity index (χ1v) is 26.6. The van der Waals surface area contributed by atoms with Gasteiger partial charge in [-0.05, 0) is 89.3 Å². The first kappa shape index (κ1) is 64.7. The van der Waals surface area contributed by atoms with Crippen LogP contribution in [0.3, 0.4) is 0 Å². The topological polar surface area (TPSA) is 384 Å². The van der Waals surface area contributed by atoms with Crippen molar-refractivity contribution in [3.05, 3.63) is 0 Å². The van der Waals surface area contributed by atoms with Crippen molar-refractivity contribution in [2.24, 2.45) is 0 Å². The van der Waals surface area contributed by atoms with Gasteiger partial charge in [-0.1, -0.05) is 84.0 Å². The molecule has 410 valence electrons. The van der Waals surface area contributed by atoms with Crippen molar-refractivity contribution < 1.29 is 126 Å². The third-order valence-electron chi connectivity index (χ3n) is 8.62. The molecule has 8 atom stereocenters. The third-order valence-corrected chi connectivity index (χ3v) is 11.2. The summed E-state index contributed by atoms with van der Waals surface area (Å²) in [6, 6.07) is 0. The van der Waals surface area contributed by atoms with E-state index in [1.807, 2.05) is 5.92 Å². The van der Waals surface area contributed by atoms with E-state index in [4.69, 9.17) is 24.9 Å². The Morgan fingerprint density at radius 2 is 0.913 bits per heavy atom. The summed E-state index contributed by atoms with van der Waals surface area (Å²) < 4.78 is 81.1. The van der Waals surface area contributed by atoms with E-state index >= 15 is 0 Å². The third kappa shape index (κ3) is 33.1. The highest BCUT2D eigenvalue weighted by atomic mass is 31.2. The van der Waals surface area contributed by atoms with Crippen LogP contribution in [0.5, 0.6) is 0 Å². The first-order chi connectivity index (χ1) is 32.0. The second-order valence-electron chi connectivity index (χ2n) is 14.1. The van der Waals surface area contributed by atoms with Gasteiger partial charge in [0.1, 0.15) is 43.2 Å². The molecule has 1 rings (SSSR count). The van der Waals surface area contributed by atoms with Gasteiger partial charge in [0, 0.05) is 33.7 Å². The number of aliphatic hydroxyl groups excluding tert-OH is 2. The molecule has 5 unspecified atom stereocenters. The summed E-state index contributed by atoms with van der Waals surface area (Å²) in [5.41, 5.74) is 0. The zero-order chi connectivity index (χ0) is 51.1. The van der Waals surface area contributed by atoms with Gasteiger partial charge in [-0.15, -0.1) is 6.42 Å². The summed E-state index contributed by atoms with van der Waals surface area (Å²) in [6.45, 7) is 0.165. The summed E-state index contributed by atoms with van der Waals surface area (Å²) in [7, 11) is -23.2. The van der Waals surface area contributed by atoms with Crippen molar-refractivity contribution in [3.8, 4) is 95.2 Å². The number of rotatable bonds is 28. The molecule has 0 heterocycles. The molecule has 0 aromatic rings. The van der Waals surface area contributed by atoms with Crippen LogP contribution in [0.25, 0.3) is 0 Å². The maximum absolute atomic E-state index is 13.2. The molecule has 23 nitrogen and oxygen atoms in total. The van der Waals surface area contributed by atoms with Crippen molar-refractivity contribution >= 4 is 43.2 Å². The fraction of sp³-hybridized carbons (Fsp3) is 0.571. The van der Waals surface area contributed by atoms with Crippen LogP contribution >= 0.6 is 31.3 Å². The van der Waals surface area contributed by atoms with E-state index in [-0.39, 0.29) is 34.0 Å². The summed E-state index contributed by atoms with van der Waals surface area (Å²) in [5, 5.41) is 21.7. The minimum atomic E-state index is -5.82. The SMILES string of the molecule is C#CC#CC#CC#CC#CC#CC#CC#CC(=O)OC[C@H](COP(=O)(O)OC1C(O)[C@H](OP(=O)(O)O)C(OP(=O)(O)O)C(OP(=O)(O)O)[C@@H]1O)OC(=O)CCCCCCCCCCCCCCC.N.[HH].[HH].[HH].[HH].[HH].[HH].[HH].[HH].[HH].[HH].[HH].[HH].[HH].[HH].[HH]. The van der Waals surface area contributed by atoms with Crippen LogP contribution in [0.1, 0.15) is 118 Å². The molecule has 0 amide bonds. The predicted octanol–water partition coefficient (Wildman–Crippen LogP) is 6.10. The van der Waals surface area contributed by atoms with Gasteiger partial charge in [0.25, 0.3) is 0 Å². The smallest absolute Gasteiger partial charge is 0.456 e. The van der Waals surface area contributed by atoms with E-state index in [2.05, 4.69) is 103 Å². The largest absolute Gasteiger partial charge is 0.472 e. The van der Waals surface area contributed by atoms with Gasteiger partial charge in [0.2, 0.25) is 0 Å². The number of esters is 2. The molecule has 1 fully saturated rings. The van der Waals surface area contributed by atoms with Crippen LogP contribution in [0.4, 0.5) is 0 Å². The normalized spacial score (nSPS) is 19.6. The van der Waals surface area contributed by atoms with Crippen molar-refractivity contribution in [2.75, 3.05) is 13.2 Å². The monoisotopic (exact) mass is 1080 g/mol. The molecule has 27 heteroatoms. The van der Waals surface area contributed by atoms with Crippen molar-refractivity contribution in [2.45, 2.75) is 140 Å². The van der Waals surface area contributed by atoms with Gasteiger partial charge in [-0.25, -0.2) is 23.1 Å². The lowest BCUT2D eigenvalue weighted by Gasteiger charge is -2.45. The minimum Gasteiger partial charge on any atom is -0.456 e. The molecule has 0 spiro atoms. The minimum absolute atomic E-state index is 0. The quantitative estimate of drug-likeness (QED) is 0.0139. The fourth-order valence-electron chi connectivity index (χ4n) is 5.79. The lowest BCUT2D eigenvalue weighted by atomic mass is 9.85. The Bertz CT molecular complexity index is 2380. The summed E-state index contributed by atoms with van der Waals surface area (Å²) in [4.78, 5) is 92.1. The van der Waals surface area contributed by atoms with Gasteiger partial charge < -0.3 is 60.1 Å². The number of unbranched alkanes of at least 4 members (excludes halogenated alkanes) is 12. The predicted molar refractivity (Wildman–Crippen MR) is 275 cm³/mol. The van der Waals surface area contributed by atoms with Crippen molar-refractivity contribution in [1.29, 1.82) is 0 Å². The van der Waals surface area contributed by atoms with Crippen LogP contribution in [-0.4, -0.2) is 112 Å². The maximum atomic E-state index is 13.2. The molecular weight excluding hydrogens is 994 g/mol. The van der Waals surface area contributed by atoms with E-state index in [1.54, 1.807) is 0 Å². The van der Waals surface area contributed by atoms with Crippen LogP contribution in [0, 0.1) is 95.2 Å². The van der Waals surface area contributed by atoms with E-state index in [0.717, 1.165) is 32.1 Å². The van der Waals surface area contributed by atoms with Gasteiger partial charge in [0.05, 0.1) is 6.61 Å². The lowest BCUT2D eigenvalue weighted by Crippen LogP contribution is -2.65. The molecule has 0 bridgehead atoms. The number of hydrogen-bond donors (Lipinski definition) is 10. The number of carbonyl (C=O) groups excluding carboxylic acids is 2. The molecule has 69 heavy (non-hydrogen) atoms. The number of carbonyl (C=O) groups is 2. The Labute approximate surface area is 423 Å². The number of hydrogen-bond acceptors (Lipinski definition) is 16. The number of aliphatic hydroxyl groups is 2. The zero-order valence-corrected chi connectivity index (χ0v) is 40.8. The Balaban J connectivity index is -0.000000206. The molecule has 1 aliphatic rings. The molecule has 0 aliphatic heterocycles. The van der Waals surface area contributed by atoms with E-state index in [0.29, 0.717) is 12.8 Å². The van der Waals surface area contributed by atoms with Gasteiger partial charge >= 0.3 is 43.2 Å². The molecule has 0 aromatic heterocycles. The van der Waals surface area contributed by atoms with Gasteiger partial charge in [-0.3, -0.25) is 27.4 Å². The van der Waals surface area contributed by atoms with Crippen molar-refractivity contribution in [3.63, 3.8) is 0 Å². The van der Waals surface area contributed by atoms with Crippen LogP contribution < -0.4 is 6.15 Å².